The standard InChI is InChI=1S/C13H23NO3S/c1-5-10-8-14(6-7-18-10)9-11(15)13(2,3)12(16)17-4/h10H,5-9H2,1-4H3. The van der Waals surface area contributed by atoms with Crippen molar-refractivity contribution in [2.24, 2.45) is 5.41 Å². The lowest BCUT2D eigenvalue weighted by Gasteiger charge is -2.33. The predicted molar refractivity (Wildman–Crippen MR) is 73.8 cm³/mol. The number of methoxy groups -OCH3 is 1. The summed E-state index contributed by atoms with van der Waals surface area (Å²) >= 11 is 1.97. The van der Waals surface area contributed by atoms with Crippen molar-refractivity contribution in [2.45, 2.75) is 32.4 Å². The second kappa shape index (κ2) is 6.57. The van der Waals surface area contributed by atoms with Gasteiger partial charge >= 0.3 is 5.97 Å². The van der Waals surface area contributed by atoms with Crippen LogP contribution < -0.4 is 0 Å². The highest BCUT2D eigenvalue weighted by atomic mass is 32.2. The summed E-state index contributed by atoms with van der Waals surface area (Å²) in [5, 5.41) is 0.604. The van der Waals surface area contributed by atoms with Gasteiger partial charge in [-0.15, -0.1) is 0 Å². The number of hydrogen-bond donors (Lipinski definition) is 0. The van der Waals surface area contributed by atoms with E-state index >= 15 is 0 Å². The summed E-state index contributed by atoms with van der Waals surface area (Å²) in [4.78, 5) is 25.9. The van der Waals surface area contributed by atoms with Gasteiger partial charge in [0.15, 0.2) is 5.78 Å². The molecule has 1 fully saturated rings. The Hall–Kier alpha value is -0.550. The molecule has 0 aliphatic carbocycles. The molecule has 0 spiro atoms. The normalized spacial score (nSPS) is 21.7. The first-order valence-electron chi connectivity index (χ1n) is 6.37. The number of esters is 1. The van der Waals surface area contributed by atoms with Crippen molar-refractivity contribution in [1.82, 2.24) is 4.90 Å². The lowest BCUT2D eigenvalue weighted by molar-refractivity contribution is -0.156. The number of carbonyl (C=O) groups excluding carboxylic acids is 2. The van der Waals surface area contributed by atoms with Crippen LogP contribution in [0.5, 0.6) is 0 Å². The zero-order valence-electron chi connectivity index (χ0n) is 11.7. The first-order valence-corrected chi connectivity index (χ1v) is 7.42. The average molecular weight is 273 g/mol. The fourth-order valence-electron chi connectivity index (χ4n) is 1.94. The van der Waals surface area contributed by atoms with Gasteiger partial charge in [0.2, 0.25) is 0 Å². The van der Waals surface area contributed by atoms with Gasteiger partial charge in [0.05, 0.1) is 13.7 Å². The molecular weight excluding hydrogens is 250 g/mol. The van der Waals surface area contributed by atoms with E-state index in [2.05, 4.69) is 16.6 Å². The van der Waals surface area contributed by atoms with Gasteiger partial charge in [-0.05, 0) is 20.3 Å². The number of Topliss-reactive ketones (excluding diaryl/α,β-unsaturated/α-hetero) is 1. The van der Waals surface area contributed by atoms with E-state index in [4.69, 9.17) is 0 Å². The van der Waals surface area contributed by atoms with Crippen molar-refractivity contribution in [1.29, 1.82) is 0 Å². The number of ketones is 1. The van der Waals surface area contributed by atoms with Gasteiger partial charge in [-0.3, -0.25) is 14.5 Å². The Kier molecular flexibility index (Phi) is 5.66. The Morgan fingerprint density at radius 2 is 2.11 bits per heavy atom. The molecule has 1 atom stereocenters. The van der Waals surface area contributed by atoms with Gasteiger partial charge in [0, 0.05) is 24.1 Å². The molecule has 1 heterocycles. The third-order valence-corrected chi connectivity index (χ3v) is 4.81. The SMILES string of the molecule is CCC1CN(CC(=O)C(C)(C)C(=O)OC)CCS1. The van der Waals surface area contributed by atoms with E-state index in [1.54, 1.807) is 13.8 Å². The van der Waals surface area contributed by atoms with Crippen LogP contribution in [0, 0.1) is 5.41 Å². The topological polar surface area (TPSA) is 46.6 Å². The molecule has 5 heteroatoms. The minimum absolute atomic E-state index is 0.0592. The highest BCUT2D eigenvalue weighted by molar-refractivity contribution is 8.00. The number of ether oxygens (including phenoxy) is 1. The Balaban J connectivity index is 2.56. The Morgan fingerprint density at radius 3 is 2.67 bits per heavy atom. The molecule has 1 saturated heterocycles. The van der Waals surface area contributed by atoms with Crippen molar-refractivity contribution in [3.8, 4) is 0 Å². The number of rotatable bonds is 5. The van der Waals surface area contributed by atoms with Gasteiger partial charge in [-0.2, -0.15) is 11.8 Å². The highest BCUT2D eigenvalue weighted by Crippen LogP contribution is 2.23. The second-order valence-electron chi connectivity index (χ2n) is 5.18. The average Bonchev–Trinajstić information content (AvgIpc) is 2.37. The molecule has 4 nitrogen and oxygen atoms in total. The summed E-state index contributed by atoms with van der Waals surface area (Å²) in [5.41, 5.74) is -1.04. The summed E-state index contributed by atoms with van der Waals surface area (Å²) in [6.45, 7) is 7.64. The number of thioether (sulfide) groups is 1. The fraction of sp³-hybridized carbons (Fsp3) is 0.846. The van der Waals surface area contributed by atoms with Gasteiger partial charge in [-0.25, -0.2) is 0 Å². The largest absolute Gasteiger partial charge is 0.468 e. The van der Waals surface area contributed by atoms with Crippen LogP contribution in [0.3, 0.4) is 0 Å². The number of carbonyl (C=O) groups is 2. The quantitative estimate of drug-likeness (QED) is 0.562. The summed E-state index contributed by atoms with van der Waals surface area (Å²) in [6.07, 6.45) is 1.12. The molecule has 104 valence electrons. The molecule has 1 aliphatic rings. The zero-order valence-corrected chi connectivity index (χ0v) is 12.5. The van der Waals surface area contributed by atoms with E-state index < -0.39 is 11.4 Å². The summed E-state index contributed by atoms with van der Waals surface area (Å²) < 4.78 is 4.69. The Morgan fingerprint density at radius 1 is 1.44 bits per heavy atom. The number of nitrogens with zero attached hydrogens (tertiary/aromatic N) is 1. The van der Waals surface area contributed by atoms with E-state index in [9.17, 15) is 9.59 Å². The van der Waals surface area contributed by atoms with Crippen LogP contribution in [0.25, 0.3) is 0 Å². The summed E-state index contributed by atoms with van der Waals surface area (Å²) in [6, 6.07) is 0. The summed E-state index contributed by atoms with van der Waals surface area (Å²) in [7, 11) is 1.32. The molecule has 1 unspecified atom stereocenters. The maximum atomic E-state index is 12.2. The zero-order chi connectivity index (χ0) is 13.8. The number of hydrogen-bond acceptors (Lipinski definition) is 5. The van der Waals surface area contributed by atoms with Crippen LogP contribution >= 0.6 is 11.8 Å². The van der Waals surface area contributed by atoms with Gasteiger partial charge in [0.25, 0.3) is 0 Å². The van der Waals surface area contributed by atoms with E-state index in [0.717, 1.165) is 25.3 Å². The first-order chi connectivity index (χ1) is 8.41. The van der Waals surface area contributed by atoms with Crippen LogP contribution in [0.1, 0.15) is 27.2 Å². The van der Waals surface area contributed by atoms with Crippen molar-refractivity contribution in [2.75, 3.05) is 32.5 Å². The second-order valence-corrected chi connectivity index (χ2v) is 6.58. The fourth-order valence-corrected chi connectivity index (χ4v) is 3.19. The molecule has 0 saturated carbocycles. The maximum absolute atomic E-state index is 12.2. The minimum atomic E-state index is -1.04. The van der Waals surface area contributed by atoms with Crippen molar-refractivity contribution in [3.63, 3.8) is 0 Å². The van der Waals surface area contributed by atoms with E-state index in [1.807, 2.05) is 11.8 Å². The molecule has 0 N–H and O–H groups in total. The summed E-state index contributed by atoms with van der Waals surface area (Å²) in [5.74, 6) is 0.548. The molecular formula is C13H23NO3S. The predicted octanol–water partition coefficient (Wildman–Crippen LogP) is 1.58. The molecule has 0 aromatic rings. The van der Waals surface area contributed by atoms with Crippen molar-refractivity contribution >= 4 is 23.5 Å². The Labute approximate surface area is 113 Å². The van der Waals surface area contributed by atoms with Crippen LogP contribution in [-0.4, -0.2) is 54.4 Å². The highest BCUT2D eigenvalue weighted by Gasteiger charge is 2.38. The molecule has 1 rings (SSSR count). The molecule has 0 radical (unpaired) electrons. The van der Waals surface area contributed by atoms with E-state index in [1.165, 1.54) is 7.11 Å². The maximum Gasteiger partial charge on any atom is 0.318 e. The van der Waals surface area contributed by atoms with Gasteiger partial charge < -0.3 is 4.74 Å². The van der Waals surface area contributed by atoms with Crippen LogP contribution in [0.15, 0.2) is 0 Å². The van der Waals surface area contributed by atoms with Crippen LogP contribution in [0.2, 0.25) is 0 Å². The molecule has 0 amide bonds. The van der Waals surface area contributed by atoms with Crippen molar-refractivity contribution < 1.29 is 14.3 Å². The lowest BCUT2D eigenvalue weighted by Crippen LogP contribution is -2.46. The van der Waals surface area contributed by atoms with Crippen LogP contribution in [0.4, 0.5) is 0 Å². The smallest absolute Gasteiger partial charge is 0.318 e. The van der Waals surface area contributed by atoms with E-state index in [-0.39, 0.29) is 5.78 Å². The molecule has 0 aromatic heterocycles. The third-order valence-electron chi connectivity index (χ3n) is 3.44. The first kappa shape index (κ1) is 15.5. The van der Waals surface area contributed by atoms with Gasteiger partial charge in [-0.1, -0.05) is 6.92 Å². The Bertz CT molecular complexity index is 317. The molecule has 18 heavy (non-hydrogen) atoms. The van der Waals surface area contributed by atoms with Gasteiger partial charge in [0.1, 0.15) is 5.41 Å². The molecule has 1 aliphatic heterocycles. The van der Waals surface area contributed by atoms with Crippen LogP contribution in [-0.2, 0) is 14.3 Å². The molecule has 0 aromatic carbocycles. The minimum Gasteiger partial charge on any atom is -0.468 e. The molecule has 0 bridgehead atoms. The van der Waals surface area contributed by atoms with Crippen molar-refractivity contribution in [3.05, 3.63) is 0 Å². The monoisotopic (exact) mass is 273 g/mol. The third kappa shape index (κ3) is 3.72. The van der Waals surface area contributed by atoms with E-state index in [0.29, 0.717) is 11.8 Å². The lowest BCUT2D eigenvalue weighted by atomic mass is 9.88.